The van der Waals surface area contributed by atoms with Crippen LogP contribution in [0.1, 0.15) is 103 Å². The van der Waals surface area contributed by atoms with Crippen molar-refractivity contribution < 1.29 is 10.2 Å². The SMILES string of the molecule is NCCCCCCCCCCCCCCCC(CCO)CCO. The minimum absolute atomic E-state index is 0.262. The molecule has 0 saturated heterocycles. The second-order valence-corrected chi connectivity index (χ2v) is 7.06. The molecule has 3 nitrogen and oxygen atoms in total. The first-order chi connectivity index (χ1) is 11.3. The Balaban J connectivity index is 3.15. The van der Waals surface area contributed by atoms with Gasteiger partial charge in [-0.1, -0.05) is 83.5 Å². The lowest BCUT2D eigenvalue weighted by Gasteiger charge is -2.13. The Morgan fingerprint density at radius 2 is 0.826 bits per heavy atom. The molecule has 0 amide bonds. The average molecular weight is 330 g/mol. The van der Waals surface area contributed by atoms with Crippen LogP contribution in [-0.2, 0) is 0 Å². The molecule has 0 spiro atoms. The number of rotatable bonds is 19. The van der Waals surface area contributed by atoms with E-state index in [4.69, 9.17) is 15.9 Å². The molecule has 0 aliphatic heterocycles. The highest BCUT2D eigenvalue weighted by atomic mass is 16.3. The first-order valence-electron chi connectivity index (χ1n) is 10.3. The van der Waals surface area contributed by atoms with Gasteiger partial charge in [-0.25, -0.2) is 0 Å². The van der Waals surface area contributed by atoms with E-state index in [1.165, 1.54) is 89.9 Å². The van der Waals surface area contributed by atoms with E-state index in [1.807, 2.05) is 0 Å². The number of unbranched alkanes of at least 4 members (excludes halogenated alkanes) is 12. The van der Waals surface area contributed by atoms with Crippen LogP contribution in [-0.4, -0.2) is 30.0 Å². The molecule has 0 aliphatic carbocycles. The van der Waals surface area contributed by atoms with E-state index in [1.54, 1.807) is 0 Å². The highest BCUT2D eigenvalue weighted by Gasteiger charge is 2.06. The molecular weight excluding hydrogens is 286 g/mol. The third kappa shape index (κ3) is 18.1. The highest BCUT2D eigenvalue weighted by molar-refractivity contribution is 4.59. The molecule has 0 unspecified atom stereocenters. The van der Waals surface area contributed by atoms with Crippen LogP contribution in [0.4, 0.5) is 0 Å². The summed E-state index contributed by atoms with van der Waals surface area (Å²) in [5, 5.41) is 18.0. The van der Waals surface area contributed by atoms with Crippen molar-refractivity contribution in [3.05, 3.63) is 0 Å². The van der Waals surface area contributed by atoms with Crippen LogP contribution in [0, 0.1) is 5.92 Å². The van der Waals surface area contributed by atoms with Crippen LogP contribution in [0.2, 0.25) is 0 Å². The maximum Gasteiger partial charge on any atom is 0.0433 e. The van der Waals surface area contributed by atoms with Gasteiger partial charge in [0.15, 0.2) is 0 Å². The van der Waals surface area contributed by atoms with Gasteiger partial charge in [0.2, 0.25) is 0 Å². The van der Waals surface area contributed by atoms with Crippen molar-refractivity contribution in [2.45, 2.75) is 103 Å². The first-order valence-corrected chi connectivity index (χ1v) is 10.3. The summed E-state index contributed by atoms with van der Waals surface area (Å²) in [5.74, 6) is 0.523. The van der Waals surface area contributed by atoms with Crippen molar-refractivity contribution in [1.29, 1.82) is 0 Å². The van der Waals surface area contributed by atoms with E-state index in [-0.39, 0.29) is 13.2 Å². The Hall–Kier alpha value is -0.120. The van der Waals surface area contributed by atoms with Gasteiger partial charge in [0, 0.05) is 13.2 Å². The van der Waals surface area contributed by atoms with E-state index in [2.05, 4.69) is 0 Å². The maximum atomic E-state index is 8.99. The fourth-order valence-electron chi connectivity index (χ4n) is 3.32. The molecule has 0 aromatic rings. The fraction of sp³-hybridized carbons (Fsp3) is 1.00. The van der Waals surface area contributed by atoms with Crippen LogP contribution in [0.3, 0.4) is 0 Å². The molecule has 3 heteroatoms. The van der Waals surface area contributed by atoms with E-state index in [9.17, 15) is 0 Å². The van der Waals surface area contributed by atoms with Gasteiger partial charge in [0.05, 0.1) is 0 Å². The molecule has 0 aromatic heterocycles. The summed E-state index contributed by atoms with van der Waals surface area (Å²) in [6.07, 6.45) is 20.5. The van der Waals surface area contributed by atoms with E-state index < -0.39 is 0 Å². The zero-order chi connectivity index (χ0) is 17.0. The number of hydrogen-bond donors (Lipinski definition) is 3. The molecule has 0 fully saturated rings. The first kappa shape index (κ1) is 22.9. The fourth-order valence-corrected chi connectivity index (χ4v) is 3.32. The Labute approximate surface area is 145 Å². The minimum Gasteiger partial charge on any atom is -0.396 e. The summed E-state index contributed by atoms with van der Waals surface area (Å²) >= 11 is 0. The van der Waals surface area contributed by atoms with Crippen molar-refractivity contribution in [2.75, 3.05) is 19.8 Å². The van der Waals surface area contributed by atoms with Gasteiger partial charge in [0.1, 0.15) is 0 Å². The van der Waals surface area contributed by atoms with Crippen molar-refractivity contribution >= 4 is 0 Å². The third-order valence-corrected chi connectivity index (χ3v) is 4.89. The Bertz CT molecular complexity index is 206. The van der Waals surface area contributed by atoms with Crippen LogP contribution in [0.5, 0.6) is 0 Å². The quantitative estimate of drug-likeness (QED) is 0.299. The van der Waals surface area contributed by atoms with Gasteiger partial charge < -0.3 is 15.9 Å². The molecule has 0 aliphatic rings. The molecule has 0 saturated carbocycles. The van der Waals surface area contributed by atoms with Crippen molar-refractivity contribution in [3.63, 3.8) is 0 Å². The van der Waals surface area contributed by atoms with Gasteiger partial charge in [-0.15, -0.1) is 0 Å². The largest absolute Gasteiger partial charge is 0.396 e. The van der Waals surface area contributed by atoms with Crippen LogP contribution < -0.4 is 5.73 Å². The van der Waals surface area contributed by atoms with E-state index in [0.29, 0.717) is 5.92 Å². The average Bonchev–Trinajstić information content (AvgIpc) is 2.55. The second kappa shape index (κ2) is 19.9. The van der Waals surface area contributed by atoms with Crippen molar-refractivity contribution in [1.82, 2.24) is 0 Å². The topological polar surface area (TPSA) is 66.5 Å². The van der Waals surface area contributed by atoms with E-state index >= 15 is 0 Å². The van der Waals surface area contributed by atoms with Crippen LogP contribution in [0.25, 0.3) is 0 Å². The van der Waals surface area contributed by atoms with Gasteiger partial charge >= 0.3 is 0 Å². The predicted octanol–water partition coefficient (Wildman–Crippen LogP) is 4.79. The highest BCUT2D eigenvalue weighted by Crippen LogP contribution is 2.18. The lowest BCUT2D eigenvalue weighted by Crippen LogP contribution is -2.05. The minimum atomic E-state index is 0.262. The van der Waals surface area contributed by atoms with Gasteiger partial charge in [-0.3, -0.25) is 0 Å². The summed E-state index contributed by atoms with van der Waals surface area (Å²) in [4.78, 5) is 0. The number of aliphatic hydroxyl groups is 2. The Morgan fingerprint density at radius 3 is 1.17 bits per heavy atom. The summed E-state index contributed by atoms with van der Waals surface area (Å²) in [7, 11) is 0. The molecule has 23 heavy (non-hydrogen) atoms. The summed E-state index contributed by atoms with van der Waals surface area (Å²) in [6.45, 7) is 1.37. The lowest BCUT2D eigenvalue weighted by atomic mass is 9.94. The van der Waals surface area contributed by atoms with Gasteiger partial charge in [-0.2, -0.15) is 0 Å². The molecular formula is C20H43NO2. The number of nitrogens with two attached hydrogens (primary N) is 1. The Morgan fingerprint density at radius 1 is 0.478 bits per heavy atom. The maximum absolute atomic E-state index is 8.99. The molecule has 4 N–H and O–H groups in total. The van der Waals surface area contributed by atoms with Crippen molar-refractivity contribution in [3.8, 4) is 0 Å². The summed E-state index contributed by atoms with van der Waals surface area (Å²) < 4.78 is 0. The lowest BCUT2D eigenvalue weighted by molar-refractivity contribution is 0.207. The predicted molar refractivity (Wildman–Crippen MR) is 101 cm³/mol. The molecule has 0 aromatic carbocycles. The van der Waals surface area contributed by atoms with Gasteiger partial charge in [0.25, 0.3) is 0 Å². The van der Waals surface area contributed by atoms with Crippen LogP contribution in [0.15, 0.2) is 0 Å². The number of aliphatic hydroxyl groups excluding tert-OH is 2. The smallest absolute Gasteiger partial charge is 0.0433 e. The second-order valence-electron chi connectivity index (χ2n) is 7.06. The standard InChI is InChI=1S/C20H43NO2/c21-17-13-11-9-7-5-3-1-2-4-6-8-10-12-14-20(15-18-22)16-19-23/h20,22-23H,1-19,21H2. The molecule has 0 heterocycles. The third-order valence-electron chi connectivity index (χ3n) is 4.89. The van der Waals surface area contributed by atoms with Crippen LogP contribution >= 0.6 is 0 Å². The summed E-state index contributed by atoms with van der Waals surface area (Å²) in [5.41, 5.74) is 5.49. The van der Waals surface area contributed by atoms with E-state index in [0.717, 1.165) is 19.4 Å². The van der Waals surface area contributed by atoms with Crippen molar-refractivity contribution in [2.24, 2.45) is 11.7 Å². The summed E-state index contributed by atoms with van der Waals surface area (Å²) in [6, 6.07) is 0. The molecule has 140 valence electrons. The molecule has 0 rings (SSSR count). The molecule has 0 atom stereocenters. The normalized spacial score (nSPS) is 11.5. The Kier molecular flexibility index (Phi) is 19.8. The molecule has 0 bridgehead atoms. The zero-order valence-corrected chi connectivity index (χ0v) is 15.5. The monoisotopic (exact) mass is 329 g/mol. The molecule has 0 radical (unpaired) electrons. The van der Waals surface area contributed by atoms with Gasteiger partial charge in [-0.05, 0) is 31.7 Å². The number of hydrogen-bond acceptors (Lipinski definition) is 3. The zero-order valence-electron chi connectivity index (χ0n) is 15.5.